The molecule has 0 radical (unpaired) electrons. The van der Waals surface area contributed by atoms with Gasteiger partial charge in [-0.3, -0.25) is 0 Å². The molecule has 41 heavy (non-hydrogen) atoms. The zero-order valence-corrected chi connectivity index (χ0v) is 26.8. The lowest BCUT2D eigenvalue weighted by atomic mass is 9.78. The summed E-state index contributed by atoms with van der Waals surface area (Å²) >= 11 is 0. The molecule has 0 atom stereocenters. The predicted molar refractivity (Wildman–Crippen MR) is 175 cm³/mol. The summed E-state index contributed by atoms with van der Waals surface area (Å²) in [6.45, 7) is 23.7. The maximum absolute atomic E-state index is 6.92. The van der Waals surface area contributed by atoms with Gasteiger partial charge in [-0.05, 0) is 80.5 Å². The fourth-order valence-electron chi connectivity index (χ4n) is 7.33. The monoisotopic (exact) mass is 545 g/mol. The number of likely N-dealkylation sites (N-methyl/N-ethyl adjacent to an activating group) is 2. The minimum Gasteiger partial charge on any atom is -0.456 e. The third kappa shape index (κ3) is 4.19. The Morgan fingerprint density at radius 2 is 1.49 bits per heavy atom. The Bertz CT molecular complexity index is 1810. The third-order valence-corrected chi connectivity index (χ3v) is 9.48. The van der Waals surface area contributed by atoms with Crippen molar-refractivity contribution in [3.63, 3.8) is 0 Å². The molecule has 3 aliphatic rings. The average Bonchev–Trinajstić information content (AvgIpc) is 2.88. The molecule has 3 heteroatoms. The Balaban J connectivity index is 1.77. The van der Waals surface area contributed by atoms with Crippen LogP contribution in [0.3, 0.4) is 0 Å². The van der Waals surface area contributed by atoms with Crippen LogP contribution in [-0.4, -0.2) is 24.7 Å². The van der Waals surface area contributed by atoms with E-state index in [1.807, 2.05) is 0 Å². The lowest BCUT2D eigenvalue weighted by molar-refractivity contribution is 0.433. The second-order valence-electron chi connectivity index (χ2n) is 14.3. The van der Waals surface area contributed by atoms with Gasteiger partial charge in [0.1, 0.15) is 18.5 Å². The summed E-state index contributed by atoms with van der Waals surface area (Å²) in [5, 5.41) is 2.38. The number of hydrogen-bond acceptors (Lipinski definition) is 2. The van der Waals surface area contributed by atoms with Crippen molar-refractivity contribution in [1.82, 2.24) is 4.58 Å². The van der Waals surface area contributed by atoms with E-state index in [-0.39, 0.29) is 16.5 Å². The number of ether oxygens (including phenoxy) is 1. The molecule has 0 amide bonds. The molecule has 212 valence electrons. The molecule has 3 aromatic rings. The number of allylic oxidation sites excluding steroid dienone is 2. The van der Waals surface area contributed by atoms with Gasteiger partial charge in [0.2, 0.25) is 5.36 Å². The Morgan fingerprint density at radius 3 is 2.17 bits per heavy atom. The highest BCUT2D eigenvalue weighted by Gasteiger charge is 2.35. The molecule has 0 aliphatic carbocycles. The average molecular weight is 546 g/mol. The quantitative estimate of drug-likeness (QED) is 0.240. The Labute approximate surface area is 246 Å². The summed E-state index contributed by atoms with van der Waals surface area (Å²) in [5.41, 5.74) is 11.4. The Hall–Kier alpha value is -3.59. The molecule has 6 rings (SSSR count). The molecule has 0 fully saturated rings. The zero-order valence-electron chi connectivity index (χ0n) is 26.8. The largest absolute Gasteiger partial charge is 0.456 e. The van der Waals surface area contributed by atoms with Gasteiger partial charge in [-0.1, -0.05) is 51.1 Å². The highest BCUT2D eigenvalue weighted by atomic mass is 16.5. The normalized spacial score (nSPS) is 18.5. The number of nitrogens with zero attached hydrogens (tertiary/aromatic N) is 2. The van der Waals surface area contributed by atoms with E-state index in [0.29, 0.717) is 0 Å². The Morgan fingerprint density at radius 1 is 0.805 bits per heavy atom. The molecule has 3 aromatic carbocycles. The van der Waals surface area contributed by atoms with Crippen molar-refractivity contribution in [2.45, 2.75) is 85.7 Å². The molecule has 3 nitrogen and oxygen atoms in total. The maximum Gasteiger partial charge on any atom is 0.211 e. The van der Waals surface area contributed by atoms with Gasteiger partial charge >= 0.3 is 0 Å². The predicted octanol–water partition coefficient (Wildman–Crippen LogP) is 7.68. The van der Waals surface area contributed by atoms with Gasteiger partial charge in [0, 0.05) is 59.6 Å². The smallest absolute Gasteiger partial charge is 0.211 e. The summed E-state index contributed by atoms with van der Waals surface area (Å²) in [5.74, 6) is 1.86. The fourth-order valence-corrected chi connectivity index (χ4v) is 7.33. The van der Waals surface area contributed by atoms with Crippen LogP contribution in [0.5, 0.6) is 11.5 Å². The summed E-state index contributed by atoms with van der Waals surface area (Å²) in [7, 11) is 2.19. The second-order valence-corrected chi connectivity index (χ2v) is 14.3. The molecule has 3 aliphatic heterocycles. The van der Waals surface area contributed by atoms with Crippen molar-refractivity contribution in [1.29, 1.82) is 0 Å². The van der Waals surface area contributed by atoms with Crippen molar-refractivity contribution in [2.24, 2.45) is 0 Å². The standard InChI is InChI=1S/C38H45N2O/c1-12-40-32-20-34-29(18-27(32)24(3)22-38(40,9)10)35(25-15-13-14-16-30(25)36(4,5)6)28-17-26-23(2)21-37(7,8)39(11)31(26)19-33(28)41-34/h13-22H,12H2,1-11H3/q+1. The van der Waals surface area contributed by atoms with Crippen LogP contribution in [0.2, 0.25) is 0 Å². The van der Waals surface area contributed by atoms with Crippen LogP contribution < -0.4 is 24.8 Å². The van der Waals surface area contributed by atoms with Crippen LogP contribution in [0.1, 0.15) is 97.1 Å². The van der Waals surface area contributed by atoms with Crippen molar-refractivity contribution < 1.29 is 4.74 Å². The molecular weight excluding hydrogens is 500 g/mol. The van der Waals surface area contributed by atoms with Crippen molar-refractivity contribution in [2.75, 3.05) is 18.5 Å². The summed E-state index contributed by atoms with van der Waals surface area (Å²) < 4.78 is 9.30. The second kappa shape index (κ2) is 8.95. The van der Waals surface area contributed by atoms with Gasteiger partial charge in [-0.2, -0.15) is 0 Å². The van der Waals surface area contributed by atoms with E-state index in [4.69, 9.17) is 4.74 Å². The number of hydrogen-bond donors (Lipinski definition) is 0. The van der Waals surface area contributed by atoms with Crippen LogP contribution in [-0.2, 0) is 5.41 Å². The fraction of sp³-hybridized carbons (Fsp3) is 0.395. The van der Waals surface area contributed by atoms with Gasteiger partial charge in [0.25, 0.3) is 0 Å². The molecule has 0 aromatic heterocycles. The van der Waals surface area contributed by atoms with E-state index in [1.54, 1.807) is 0 Å². The molecule has 0 bridgehead atoms. The SMILES string of the molecule is CCN1c2cc3c(cc2C(C)=CC1(C)C)C(c1ccccc1C(C)(C)C)=c1cc2c(cc1O3)=[N+](C)C(C)(C)C=C2C. The number of anilines is 1. The van der Waals surface area contributed by atoms with Crippen LogP contribution in [0.25, 0.3) is 16.7 Å². The first-order valence-electron chi connectivity index (χ1n) is 15.1. The minimum atomic E-state index is -0.0700. The summed E-state index contributed by atoms with van der Waals surface area (Å²) in [4.78, 5) is 2.49. The van der Waals surface area contributed by atoms with E-state index < -0.39 is 0 Å². The first kappa shape index (κ1) is 27.6. The van der Waals surface area contributed by atoms with E-state index in [2.05, 4.69) is 146 Å². The number of benzene rings is 3. The van der Waals surface area contributed by atoms with E-state index in [9.17, 15) is 0 Å². The van der Waals surface area contributed by atoms with Gasteiger partial charge in [-0.25, -0.2) is 4.58 Å². The van der Waals surface area contributed by atoms with Crippen LogP contribution in [0.15, 0.2) is 60.7 Å². The van der Waals surface area contributed by atoms with Gasteiger partial charge < -0.3 is 9.64 Å². The number of rotatable bonds is 2. The van der Waals surface area contributed by atoms with Crippen molar-refractivity contribution in [3.05, 3.63) is 99.1 Å². The van der Waals surface area contributed by atoms with Gasteiger partial charge in [0.05, 0.1) is 11.6 Å². The summed E-state index contributed by atoms with van der Waals surface area (Å²) in [6, 6.07) is 18.3. The maximum atomic E-state index is 6.92. The van der Waals surface area contributed by atoms with E-state index in [0.717, 1.165) is 18.0 Å². The number of fused-ring (bicyclic) bond motifs is 4. The van der Waals surface area contributed by atoms with Gasteiger partial charge in [-0.15, -0.1) is 0 Å². The molecule has 3 heterocycles. The zero-order chi connectivity index (χ0) is 29.6. The first-order valence-corrected chi connectivity index (χ1v) is 15.1. The lowest BCUT2D eigenvalue weighted by Crippen LogP contribution is -2.47. The highest BCUT2D eigenvalue weighted by Crippen LogP contribution is 2.47. The van der Waals surface area contributed by atoms with Crippen LogP contribution in [0.4, 0.5) is 5.69 Å². The molecule has 0 spiro atoms. The van der Waals surface area contributed by atoms with Crippen molar-refractivity contribution in [3.8, 4) is 11.5 Å². The molecular formula is C38H45N2O+. The van der Waals surface area contributed by atoms with E-state index >= 15 is 0 Å². The topological polar surface area (TPSA) is 15.5 Å². The Kier molecular flexibility index (Phi) is 6.02. The van der Waals surface area contributed by atoms with Crippen LogP contribution in [0, 0.1) is 0 Å². The molecule has 0 N–H and O–H groups in total. The lowest BCUT2D eigenvalue weighted by Gasteiger charge is -2.43. The van der Waals surface area contributed by atoms with Crippen LogP contribution >= 0.6 is 0 Å². The third-order valence-electron chi connectivity index (χ3n) is 9.48. The highest BCUT2D eigenvalue weighted by molar-refractivity contribution is 5.92. The van der Waals surface area contributed by atoms with Gasteiger partial charge in [0.15, 0.2) is 5.54 Å². The van der Waals surface area contributed by atoms with Crippen molar-refractivity contribution >= 4 is 22.4 Å². The molecule has 0 unspecified atom stereocenters. The molecule has 0 saturated heterocycles. The van der Waals surface area contributed by atoms with E-state index in [1.165, 1.54) is 60.8 Å². The summed E-state index contributed by atoms with van der Waals surface area (Å²) in [6.07, 6.45) is 4.79. The molecule has 0 saturated carbocycles. The first-order chi connectivity index (χ1) is 19.1. The minimum absolute atomic E-state index is 0.0104.